The number of esters is 1. The molecule has 3 atom stereocenters. The van der Waals surface area contributed by atoms with E-state index in [4.69, 9.17) is 9.47 Å². The quantitative estimate of drug-likeness (QED) is 0.502. The molecule has 0 saturated heterocycles. The second-order valence-electron chi connectivity index (χ2n) is 9.62. The van der Waals surface area contributed by atoms with Crippen molar-refractivity contribution in [2.75, 3.05) is 0 Å². The van der Waals surface area contributed by atoms with E-state index in [0.29, 0.717) is 11.8 Å². The molecule has 1 aromatic carbocycles. The maximum Gasteiger partial charge on any atom is 0.317 e. The van der Waals surface area contributed by atoms with Crippen molar-refractivity contribution in [2.45, 2.75) is 66.4 Å². The minimum atomic E-state index is -0.278. The molecule has 0 radical (unpaired) electrons. The predicted molar refractivity (Wildman–Crippen MR) is 105 cm³/mol. The van der Waals surface area contributed by atoms with Gasteiger partial charge in [0, 0.05) is 0 Å². The standard InChI is InChI=1S/C23H32O3/c1-16-7-12-19-22(5,6)23(19,15-16)20(24)25-14-13-17-8-10-18(11-9-17)26-21(2,3)4/h8-11,13-14,16,19H,7,12,15H2,1-6H3. The fourth-order valence-corrected chi connectivity index (χ4v) is 4.85. The van der Waals surface area contributed by atoms with Gasteiger partial charge in [-0.3, -0.25) is 4.79 Å². The van der Waals surface area contributed by atoms with E-state index in [2.05, 4.69) is 20.8 Å². The molecular formula is C23H32O3. The first kappa shape index (κ1) is 19.0. The highest BCUT2D eigenvalue weighted by atomic mass is 16.5. The lowest BCUT2D eigenvalue weighted by Gasteiger charge is -2.25. The number of rotatable bonds is 4. The topological polar surface area (TPSA) is 35.5 Å². The Morgan fingerprint density at radius 3 is 2.42 bits per heavy atom. The third-order valence-corrected chi connectivity index (χ3v) is 6.26. The van der Waals surface area contributed by atoms with Crippen LogP contribution in [0.2, 0.25) is 0 Å². The summed E-state index contributed by atoms with van der Waals surface area (Å²) in [4.78, 5) is 12.8. The number of ether oxygens (including phenoxy) is 2. The van der Waals surface area contributed by atoms with Crippen molar-refractivity contribution in [1.82, 2.24) is 0 Å². The third kappa shape index (κ3) is 3.41. The molecule has 3 nitrogen and oxygen atoms in total. The van der Waals surface area contributed by atoms with Gasteiger partial charge in [-0.25, -0.2) is 0 Å². The molecule has 0 heterocycles. The number of carbonyl (C=O) groups is 1. The Kier molecular flexibility index (Phi) is 4.71. The summed E-state index contributed by atoms with van der Waals surface area (Å²) in [5.74, 6) is 1.85. The molecule has 0 spiro atoms. The van der Waals surface area contributed by atoms with Crippen LogP contribution < -0.4 is 4.74 Å². The second-order valence-corrected chi connectivity index (χ2v) is 9.62. The van der Waals surface area contributed by atoms with Gasteiger partial charge in [-0.15, -0.1) is 0 Å². The van der Waals surface area contributed by atoms with Crippen molar-refractivity contribution in [2.24, 2.45) is 22.7 Å². The Morgan fingerprint density at radius 2 is 1.81 bits per heavy atom. The van der Waals surface area contributed by atoms with Crippen molar-refractivity contribution in [3.8, 4) is 5.75 Å². The van der Waals surface area contributed by atoms with Gasteiger partial charge in [0.25, 0.3) is 0 Å². The zero-order valence-electron chi connectivity index (χ0n) is 17.0. The lowest BCUT2D eigenvalue weighted by molar-refractivity contribution is -0.147. The van der Waals surface area contributed by atoms with E-state index in [1.54, 1.807) is 6.26 Å². The number of hydrogen-bond acceptors (Lipinski definition) is 3. The van der Waals surface area contributed by atoms with Gasteiger partial charge < -0.3 is 9.47 Å². The Morgan fingerprint density at radius 1 is 1.15 bits per heavy atom. The van der Waals surface area contributed by atoms with Crippen LogP contribution in [-0.4, -0.2) is 11.6 Å². The van der Waals surface area contributed by atoms with Crippen molar-refractivity contribution in [3.05, 3.63) is 36.1 Å². The highest BCUT2D eigenvalue weighted by Crippen LogP contribution is 2.75. The average molecular weight is 357 g/mol. The maximum absolute atomic E-state index is 12.8. The lowest BCUT2D eigenvalue weighted by atomic mass is 9.80. The predicted octanol–water partition coefficient (Wildman–Crippen LogP) is 5.84. The van der Waals surface area contributed by atoms with Gasteiger partial charge in [-0.2, -0.15) is 0 Å². The summed E-state index contributed by atoms with van der Waals surface area (Å²) < 4.78 is 11.4. The van der Waals surface area contributed by atoms with Crippen LogP contribution in [0.25, 0.3) is 6.08 Å². The second kappa shape index (κ2) is 6.44. The molecule has 0 bridgehead atoms. The van der Waals surface area contributed by atoms with Gasteiger partial charge >= 0.3 is 5.97 Å². The van der Waals surface area contributed by atoms with Crippen LogP contribution >= 0.6 is 0 Å². The summed E-state index contributed by atoms with van der Waals surface area (Å²) in [6.45, 7) is 12.8. The lowest BCUT2D eigenvalue weighted by Crippen LogP contribution is -2.27. The summed E-state index contributed by atoms with van der Waals surface area (Å²) in [5.41, 5.74) is 0.561. The fraction of sp³-hybridized carbons (Fsp3) is 0.609. The monoisotopic (exact) mass is 356 g/mol. The van der Waals surface area contributed by atoms with Crippen molar-refractivity contribution in [3.63, 3.8) is 0 Å². The van der Waals surface area contributed by atoms with E-state index < -0.39 is 0 Å². The van der Waals surface area contributed by atoms with E-state index in [0.717, 1.165) is 24.2 Å². The van der Waals surface area contributed by atoms with Crippen molar-refractivity contribution >= 4 is 12.0 Å². The molecule has 142 valence electrons. The van der Waals surface area contributed by atoms with Crippen LogP contribution in [0.3, 0.4) is 0 Å². The van der Waals surface area contributed by atoms with Crippen LogP contribution in [0.1, 0.15) is 66.4 Å². The number of hydrogen-bond donors (Lipinski definition) is 0. The molecule has 2 aliphatic rings. The molecule has 0 amide bonds. The Hall–Kier alpha value is -1.77. The van der Waals surface area contributed by atoms with Gasteiger partial charge in [0.05, 0.1) is 11.7 Å². The fourth-order valence-electron chi connectivity index (χ4n) is 4.85. The summed E-state index contributed by atoms with van der Waals surface area (Å²) in [7, 11) is 0. The van der Waals surface area contributed by atoms with Gasteiger partial charge in [0.2, 0.25) is 0 Å². The van der Waals surface area contributed by atoms with E-state index in [-0.39, 0.29) is 22.4 Å². The minimum absolute atomic E-state index is 0.0528. The first-order valence-corrected chi connectivity index (χ1v) is 9.73. The molecular weight excluding hydrogens is 324 g/mol. The van der Waals surface area contributed by atoms with Gasteiger partial charge in [-0.1, -0.05) is 39.3 Å². The molecule has 3 heteroatoms. The van der Waals surface area contributed by atoms with E-state index in [9.17, 15) is 4.79 Å². The molecule has 3 rings (SSSR count). The molecule has 2 saturated carbocycles. The Balaban J connectivity index is 1.61. The van der Waals surface area contributed by atoms with Crippen LogP contribution in [0.5, 0.6) is 5.75 Å². The molecule has 26 heavy (non-hydrogen) atoms. The van der Waals surface area contributed by atoms with Crippen molar-refractivity contribution < 1.29 is 14.3 Å². The Bertz CT molecular complexity index is 693. The number of benzene rings is 1. The van der Waals surface area contributed by atoms with E-state index in [1.165, 1.54) is 6.42 Å². The van der Waals surface area contributed by atoms with Crippen LogP contribution in [0, 0.1) is 22.7 Å². The normalized spacial score (nSPS) is 29.9. The molecule has 3 unspecified atom stereocenters. The summed E-state index contributed by atoms with van der Waals surface area (Å²) in [6, 6.07) is 7.81. The summed E-state index contributed by atoms with van der Waals surface area (Å²) in [5, 5.41) is 0. The molecule has 0 aliphatic heterocycles. The van der Waals surface area contributed by atoms with Gasteiger partial charge in [-0.05, 0) is 74.6 Å². The SMILES string of the molecule is CC1CCC2C(C)(C)C2(C(=O)OC=Cc2ccc(OC(C)(C)C)cc2)C1. The summed E-state index contributed by atoms with van der Waals surface area (Å²) >= 11 is 0. The van der Waals surface area contributed by atoms with Gasteiger partial charge in [0.1, 0.15) is 11.4 Å². The highest BCUT2D eigenvalue weighted by molar-refractivity contribution is 5.83. The molecule has 0 N–H and O–H groups in total. The maximum atomic E-state index is 12.8. The third-order valence-electron chi connectivity index (χ3n) is 6.26. The molecule has 0 aromatic heterocycles. The summed E-state index contributed by atoms with van der Waals surface area (Å²) in [6.07, 6.45) is 6.70. The smallest absolute Gasteiger partial charge is 0.317 e. The minimum Gasteiger partial charge on any atom is -0.488 e. The van der Waals surface area contributed by atoms with Crippen LogP contribution in [0.15, 0.2) is 30.5 Å². The Labute approximate surface area is 157 Å². The molecule has 2 fully saturated rings. The zero-order valence-corrected chi connectivity index (χ0v) is 17.0. The first-order valence-electron chi connectivity index (χ1n) is 9.73. The van der Waals surface area contributed by atoms with Crippen LogP contribution in [0.4, 0.5) is 0 Å². The van der Waals surface area contributed by atoms with Gasteiger partial charge in [0.15, 0.2) is 0 Å². The van der Waals surface area contributed by atoms with Crippen molar-refractivity contribution in [1.29, 1.82) is 0 Å². The number of fused-ring (bicyclic) bond motifs is 1. The highest BCUT2D eigenvalue weighted by Gasteiger charge is 2.76. The first-order chi connectivity index (χ1) is 12.1. The van der Waals surface area contributed by atoms with E-state index in [1.807, 2.05) is 51.1 Å². The number of carbonyl (C=O) groups excluding carboxylic acids is 1. The van der Waals surface area contributed by atoms with Crippen LogP contribution in [-0.2, 0) is 9.53 Å². The van der Waals surface area contributed by atoms with E-state index >= 15 is 0 Å². The zero-order chi connectivity index (χ0) is 19.2. The largest absolute Gasteiger partial charge is 0.488 e. The molecule has 2 aliphatic carbocycles. The molecule has 1 aromatic rings. The average Bonchev–Trinajstić information content (AvgIpc) is 3.04.